The molecule has 1 saturated carbocycles. The summed E-state index contributed by atoms with van der Waals surface area (Å²) >= 11 is 0. The van der Waals surface area contributed by atoms with Gasteiger partial charge in [-0.05, 0) is 67.4 Å². The molecular formula is C35H57N5O7. The lowest BCUT2D eigenvalue weighted by Crippen LogP contribution is -2.51. The van der Waals surface area contributed by atoms with Gasteiger partial charge in [0.1, 0.15) is 12.1 Å². The molecule has 1 unspecified atom stereocenters. The second-order valence-corrected chi connectivity index (χ2v) is 15.1. The van der Waals surface area contributed by atoms with Gasteiger partial charge in [0.25, 0.3) is 0 Å². The number of nitrogens with two attached hydrogens (primary N) is 2. The maximum atomic E-state index is 13.6. The van der Waals surface area contributed by atoms with Gasteiger partial charge in [0.05, 0.1) is 19.3 Å². The van der Waals surface area contributed by atoms with E-state index in [2.05, 4.69) is 10.6 Å². The lowest BCUT2D eigenvalue weighted by atomic mass is 9.70. The summed E-state index contributed by atoms with van der Waals surface area (Å²) in [6.45, 7) is 11.7. The van der Waals surface area contributed by atoms with E-state index < -0.39 is 35.1 Å². The molecule has 264 valence electrons. The summed E-state index contributed by atoms with van der Waals surface area (Å²) in [6.07, 6.45) is 2.18. The van der Waals surface area contributed by atoms with Gasteiger partial charge in [-0.25, -0.2) is 4.79 Å². The predicted molar refractivity (Wildman–Crippen MR) is 180 cm³/mol. The molecule has 47 heavy (non-hydrogen) atoms. The maximum Gasteiger partial charge on any atom is 0.407 e. The minimum absolute atomic E-state index is 0.00233. The molecule has 7 N–H and O–H groups in total. The zero-order valence-corrected chi connectivity index (χ0v) is 29.2. The molecule has 1 aromatic rings. The van der Waals surface area contributed by atoms with Crippen LogP contribution >= 0.6 is 0 Å². The smallest absolute Gasteiger partial charge is 0.407 e. The monoisotopic (exact) mass is 659 g/mol. The highest BCUT2D eigenvalue weighted by Crippen LogP contribution is 2.39. The number of ether oxygens (including phenoxy) is 2. The van der Waals surface area contributed by atoms with Crippen LogP contribution in [0, 0.1) is 22.7 Å². The molecule has 1 aromatic carbocycles. The van der Waals surface area contributed by atoms with E-state index in [-0.39, 0.29) is 54.7 Å². The van der Waals surface area contributed by atoms with Gasteiger partial charge in [-0.3, -0.25) is 14.4 Å². The number of amides is 3. The Morgan fingerprint density at radius 1 is 1.04 bits per heavy atom. The second kappa shape index (κ2) is 16.3. The number of esters is 1. The topological polar surface area (TPSA) is 186 Å². The highest BCUT2D eigenvalue weighted by atomic mass is 16.5. The van der Waals surface area contributed by atoms with Crippen molar-refractivity contribution in [3.05, 3.63) is 29.8 Å². The summed E-state index contributed by atoms with van der Waals surface area (Å²) in [6, 6.07) is 6.02. The van der Waals surface area contributed by atoms with Gasteiger partial charge in [-0.15, -0.1) is 0 Å². The molecule has 4 atom stereocenters. The third-order valence-corrected chi connectivity index (χ3v) is 9.90. The number of hydrogen-bond donors (Lipinski definition) is 5. The van der Waals surface area contributed by atoms with E-state index in [0.29, 0.717) is 32.2 Å². The molecule has 1 aliphatic carbocycles. The van der Waals surface area contributed by atoms with Crippen molar-refractivity contribution in [3.8, 4) is 0 Å². The fourth-order valence-corrected chi connectivity index (χ4v) is 6.68. The molecule has 3 rings (SSSR count). The van der Waals surface area contributed by atoms with Crippen LogP contribution in [0.2, 0.25) is 0 Å². The van der Waals surface area contributed by atoms with Crippen molar-refractivity contribution in [2.24, 2.45) is 34.1 Å². The van der Waals surface area contributed by atoms with E-state index in [9.17, 15) is 24.3 Å². The normalized spacial score (nSPS) is 22.0. The molecular weight excluding hydrogens is 602 g/mol. The number of methoxy groups -OCH3 is 1. The first-order valence-corrected chi connectivity index (χ1v) is 16.9. The predicted octanol–water partition coefficient (Wildman–Crippen LogP) is 3.02. The van der Waals surface area contributed by atoms with Crippen molar-refractivity contribution < 1.29 is 33.8 Å². The van der Waals surface area contributed by atoms with Gasteiger partial charge in [-0.1, -0.05) is 59.7 Å². The Balaban J connectivity index is 1.50. The number of nitrogens with zero attached hydrogens (tertiary/aromatic N) is 1. The molecule has 1 fully saturated rings. The lowest BCUT2D eigenvalue weighted by molar-refractivity contribution is -0.155. The molecule has 0 radical (unpaired) electrons. The van der Waals surface area contributed by atoms with Crippen molar-refractivity contribution in [3.63, 3.8) is 0 Å². The van der Waals surface area contributed by atoms with Crippen molar-refractivity contribution in [2.45, 2.75) is 117 Å². The number of hydrogen-bond acceptors (Lipinski definition) is 9. The third-order valence-electron chi connectivity index (χ3n) is 9.90. The Morgan fingerprint density at radius 3 is 2.30 bits per heavy atom. The zero-order chi connectivity index (χ0) is 35.1. The van der Waals surface area contributed by atoms with Gasteiger partial charge in [0.2, 0.25) is 11.8 Å². The Hall–Kier alpha value is -3.22. The number of carbonyl (C=O) groups is 4. The third kappa shape index (κ3) is 10.4. The number of aliphatic hydroxyl groups is 1. The molecule has 3 amide bonds. The van der Waals surface area contributed by atoms with Crippen LogP contribution in [0.3, 0.4) is 0 Å². The van der Waals surface area contributed by atoms with E-state index in [4.69, 9.17) is 20.9 Å². The van der Waals surface area contributed by atoms with Crippen molar-refractivity contribution in [1.29, 1.82) is 0 Å². The van der Waals surface area contributed by atoms with Gasteiger partial charge in [-0.2, -0.15) is 0 Å². The lowest BCUT2D eigenvalue weighted by Gasteiger charge is -2.38. The van der Waals surface area contributed by atoms with Crippen molar-refractivity contribution in [1.82, 2.24) is 10.6 Å². The summed E-state index contributed by atoms with van der Waals surface area (Å²) in [5, 5.41) is 16.6. The molecule has 0 spiro atoms. The average Bonchev–Trinajstić information content (AvgIpc) is 3.02. The van der Waals surface area contributed by atoms with E-state index in [1.165, 1.54) is 7.11 Å². The van der Waals surface area contributed by atoms with Crippen molar-refractivity contribution >= 4 is 29.6 Å². The Labute approximate surface area is 279 Å². The fourth-order valence-electron chi connectivity index (χ4n) is 6.68. The molecule has 2 aliphatic rings. The van der Waals surface area contributed by atoms with Crippen LogP contribution in [-0.2, 0) is 30.3 Å². The first-order valence-electron chi connectivity index (χ1n) is 16.9. The largest absolute Gasteiger partial charge is 0.461 e. The minimum atomic E-state index is -1.01. The molecule has 1 aliphatic heterocycles. The quantitative estimate of drug-likeness (QED) is 0.199. The zero-order valence-electron chi connectivity index (χ0n) is 29.2. The number of alkyl carbamates (subject to hydrolysis) is 1. The average molecular weight is 660 g/mol. The molecule has 0 saturated heterocycles. The highest BCUT2D eigenvalue weighted by molar-refractivity contribution is 5.95. The summed E-state index contributed by atoms with van der Waals surface area (Å²) in [4.78, 5) is 52.8. The SMILES string of the molecule is COC(=O)NC1Cc2ccccc2N(C(=O)CC(C)(C)C[C@H](N)[C@@H](O)CNC(=O)C(C)(C)C2CCC(OC(=O)[C@@H](N)C(C)C)CC2)C1. The minimum Gasteiger partial charge on any atom is -0.461 e. The molecule has 12 heteroatoms. The number of para-hydroxylation sites is 1. The number of anilines is 1. The fraction of sp³-hybridized carbons (Fsp3) is 0.714. The first-order chi connectivity index (χ1) is 21.9. The van der Waals surface area contributed by atoms with E-state index in [0.717, 1.165) is 24.1 Å². The van der Waals surface area contributed by atoms with Crippen LogP contribution in [-0.4, -0.2) is 79.5 Å². The van der Waals surface area contributed by atoms with Crippen LogP contribution in [0.25, 0.3) is 0 Å². The number of benzene rings is 1. The number of nitrogens with one attached hydrogen (secondary N) is 2. The number of aliphatic hydroxyl groups excluding tert-OH is 1. The molecule has 0 bridgehead atoms. The van der Waals surface area contributed by atoms with E-state index in [1.54, 1.807) is 4.90 Å². The standard InChI is InChI=1S/C35H57N5O7/c1-21(2)30(37)31(43)47-25-14-12-23(13-15-25)35(5,6)32(44)38-19-28(41)26(36)17-34(3,4)18-29(42)40-20-24(39-33(45)46-7)16-22-10-8-9-11-27(22)40/h8-11,21,23-26,28,30,41H,12-20,36-37H2,1-7H3,(H,38,44)(H,39,45)/t23?,24?,25?,26-,28-,30-/m0/s1. The van der Waals surface area contributed by atoms with Crippen LogP contribution in [0.15, 0.2) is 24.3 Å². The maximum absolute atomic E-state index is 13.6. The van der Waals surface area contributed by atoms with Crippen LogP contribution in [0.5, 0.6) is 0 Å². The van der Waals surface area contributed by atoms with Gasteiger partial charge in [0.15, 0.2) is 0 Å². The highest BCUT2D eigenvalue weighted by Gasteiger charge is 2.40. The Kier molecular flexibility index (Phi) is 13.2. The summed E-state index contributed by atoms with van der Waals surface area (Å²) in [5.74, 6) is -0.560. The first kappa shape index (κ1) is 38.2. The van der Waals surface area contributed by atoms with Crippen LogP contribution in [0.1, 0.15) is 85.6 Å². The molecule has 0 aromatic heterocycles. The number of rotatable bonds is 13. The Morgan fingerprint density at radius 2 is 1.68 bits per heavy atom. The van der Waals surface area contributed by atoms with E-state index in [1.807, 2.05) is 65.8 Å². The second-order valence-electron chi connectivity index (χ2n) is 15.1. The summed E-state index contributed by atoms with van der Waals surface area (Å²) in [7, 11) is 1.31. The van der Waals surface area contributed by atoms with Crippen LogP contribution < -0.4 is 27.0 Å². The summed E-state index contributed by atoms with van der Waals surface area (Å²) in [5.41, 5.74) is 12.9. The number of carbonyl (C=O) groups excluding carboxylic acids is 4. The van der Waals surface area contributed by atoms with Gasteiger partial charge < -0.3 is 41.6 Å². The molecule has 12 nitrogen and oxygen atoms in total. The molecule has 1 heterocycles. The van der Waals surface area contributed by atoms with Gasteiger partial charge >= 0.3 is 12.1 Å². The van der Waals surface area contributed by atoms with Gasteiger partial charge in [0, 0.05) is 36.7 Å². The number of fused-ring (bicyclic) bond motifs is 1. The van der Waals surface area contributed by atoms with Crippen molar-refractivity contribution in [2.75, 3.05) is 25.1 Å². The van der Waals surface area contributed by atoms with Crippen LogP contribution in [0.4, 0.5) is 10.5 Å². The Bertz CT molecular complexity index is 1240. The van der Waals surface area contributed by atoms with E-state index >= 15 is 0 Å². The summed E-state index contributed by atoms with van der Waals surface area (Å²) < 4.78 is 10.4.